The molecular weight excluding hydrogens is 339 g/mol. The molecule has 1 fully saturated rings. The molecule has 0 saturated carbocycles. The van der Waals surface area contributed by atoms with E-state index in [1.165, 1.54) is 6.07 Å². The molecule has 0 aliphatic carbocycles. The van der Waals surface area contributed by atoms with Gasteiger partial charge < -0.3 is 4.74 Å². The number of benzene rings is 1. The standard InChI is InChI=1S/C20H22ClFN2O/c1-25-20-17(12-18(21)13-23-20)14-24-10-8-15(9-11-24)6-7-16-4-2-3-5-19(16)22/h2-7,12-13,15H,8-11,14H2,1H3. The third-order valence-corrected chi connectivity index (χ3v) is 4.77. The van der Waals surface area contributed by atoms with E-state index in [0.717, 1.165) is 38.0 Å². The number of methoxy groups -OCH3 is 1. The van der Waals surface area contributed by atoms with Crippen LogP contribution in [0.2, 0.25) is 5.02 Å². The fourth-order valence-corrected chi connectivity index (χ4v) is 3.34. The second-order valence-electron chi connectivity index (χ2n) is 6.32. The Labute approximate surface area is 153 Å². The van der Waals surface area contributed by atoms with Crippen LogP contribution in [-0.4, -0.2) is 30.1 Å². The zero-order chi connectivity index (χ0) is 17.6. The van der Waals surface area contributed by atoms with Gasteiger partial charge in [-0.3, -0.25) is 4.90 Å². The molecule has 0 unspecified atom stereocenters. The van der Waals surface area contributed by atoms with E-state index in [0.29, 0.717) is 22.4 Å². The van der Waals surface area contributed by atoms with Gasteiger partial charge in [0.15, 0.2) is 0 Å². The predicted octanol–water partition coefficient (Wildman–Crippen LogP) is 4.81. The van der Waals surface area contributed by atoms with Gasteiger partial charge in [-0.2, -0.15) is 0 Å². The molecule has 0 spiro atoms. The lowest BCUT2D eigenvalue weighted by Gasteiger charge is -2.30. The summed E-state index contributed by atoms with van der Waals surface area (Å²) in [5.41, 5.74) is 1.66. The highest BCUT2D eigenvalue weighted by atomic mass is 35.5. The fraction of sp³-hybridized carbons (Fsp3) is 0.350. The first-order chi connectivity index (χ1) is 12.2. The highest BCUT2D eigenvalue weighted by molar-refractivity contribution is 6.30. The van der Waals surface area contributed by atoms with E-state index in [-0.39, 0.29) is 5.82 Å². The second kappa shape index (κ2) is 8.45. The molecule has 1 saturated heterocycles. The van der Waals surface area contributed by atoms with Crippen LogP contribution < -0.4 is 4.74 Å². The van der Waals surface area contributed by atoms with E-state index in [1.54, 1.807) is 25.4 Å². The summed E-state index contributed by atoms with van der Waals surface area (Å²) in [6.45, 7) is 2.75. The van der Waals surface area contributed by atoms with Crippen LogP contribution in [0.5, 0.6) is 5.88 Å². The SMILES string of the molecule is COc1ncc(Cl)cc1CN1CCC(C=Cc2ccccc2F)CC1. The minimum absolute atomic E-state index is 0.170. The van der Waals surface area contributed by atoms with E-state index in [9.17, 15) is 4.39 Å². The summed E-state index contributed by atoms with van der Waals surface area (Å²) < 4.78 is 19.0. The Hall–Kier alpha value is -1.91. The minimum Gasteiger partial charge on any atom is -0.481 e. The number of hydrogen-bond donors (Lipinski definition) is 0. The molecule has 1 aliphatic heterocycles. The van der Waals surface area contributed by atoms with E-state index >= 15 is 0 Å². The summed E-state index contributed by atoms with van der Waals surface area (Å²) in [5, 5.41) is 0.624. The van der Waals surface area contributed by atoms with Gasteiger partial charge in [-0.15, -0.1) is 0 Å². The molecule has 3 rings (SSSR count). The van der Waals surface area contributed by atoms with Crippen molar-refractivity contribution in [3.63, 3.8) is 0 Å². The number of allylic oxidation sites excluding steroid dienone is 1. The molecule has 25 heavy (non-hydrogen) atoms. The first kappa shape index (κ1) is 17.9. The summed E-state index contributed by atoms with van der Waals surface area (Å²) in [5.74, 6) is 0.943. The van der Waals surface area contributed by atoms with Gasteiger partial charge in [0, 0.05) is 23.9 Å². The normalized spacial score (nSPS) is 16.4. The molecule has 2 heterocycles. The average molecular weight is 361 g/mol. The number of hydrogen-bond acceptors (Lipinski definition) is 3. The third kappa shape index (κ3) is 4.80. The molecule has 2 aromatic rings. The van der Waals surface area contributed by atoms with Crippen LogP contribution in [0.1, 0.15) is 24.0 Å². The van der Waals surface area contributed by atoms with Crippen molar-refractivity contribution in [3.8, 4) is 5.88 Å². The number of halogens is 2. The van der Waals surface area contributed by atoms with Crippen LogP contribution in [-0.2, 0) is 6.54 Å². The highest BCUT2D eigenvalue weighted by Crippen LogP contribution is 2.25. The lowest BCUT2D eigenvalue weighted by Crippen LogP contribution is -2.32. The van der Waals surface area contributed by atoms with Crippen LogP contribution in [0.25, 0.3) is 6.08 Å². The number of ether oxygens (including phenoxy) is 1. The lowest BCUT2D eigenvalue weighted by atomic mass is 9.95. The van der Waals surface area contributed by atoms with Crippen molar-refractivity contribution in [1.29, 1.82) is 0 Å². The molecule has 132 valence electrons. The maximum Gasteiger partial charge on any atom is 0.217 e. The van der Waals surface area contributed by atoms with Crippen molar-refractivity contribution >= 4 is 17.7 Å². The Morgan fingerprint density at radius 3 is 2.80 bits per heavy atom. The summed E-state index contributed by atoms with van der Waals surface area (Å²) in [4.78, 5) is 6.60. The zero-order valence-electron chi connectivity index (χ0n) is 14.3. The number of likely N-dealkylation sites (tertiary alicyclic amines) is 1. The van der Waals surface area contributed by atoms with E-state index < -0.39 is 0 Å². The summed E-state index contributed by atoms with van der Waals surface area (Å²) in [6, 6.07) is 8.79. The van der Waals surface area contributed by atoms with Crippen LogP contribution in [0, 0.1) is 11.7 Å². The molecule has 0 amide bonds. The molecular formula is C20H22ClFN2O. The molecule has 0 atom stereocenters. The predicted molar refractivity (Wildman–Crippen MR) is 99.2 cm³/mol. The smallest absolute Gasteiger partial charge is 0.217 e. The van der Waals surface area contributed by atoms with Crippen molar-refractivity contribution in [1.82, 2.24) is 9.88 Å². The second-order valence-corrected chi connectivity index (χ2v) is 6.75. The van der Waals surface area contributed by atoms with E-state index in [4.69, 9.17) is 16.3 Å². The molecule has 1 aromatic carbocycles. The van der Waals surface area contributed by atoms with Gasteiger partial charge in [0.1, 0.15) is 5.82 Å². The maximum atomic E-state index is 13.7. The van der Waals surface area contributed by atoms with Crippen molar-refractivity contribution in [2.45, 2.75) is 19.4 Å². The van der Waals surface area contributed by atoms with Crippen molar-refractivity contribution in [2.24, 2.45) is 5.92 Å². The van der Waals surface area contributed by atoms with Crippen molar-refractivity contribution in [3.05, 3.63) is 64.6 Å². The van der Waals surface area contributed by atoms with Gasteiger partial charge >= 0.3 is 0 Å². The highest BCUT2D eigenvalue weighted by Gasteiger charge is 2.19. The number of pyridine rings is 1. The van der Waals surface area contributed by atoms with Gasteiger partial charge in [-0.25, -0.2) is 9.37 Å². The fourth-order valence-electron chi connectivity index (χ4n) is 3.16. The zero-order valence-corrected chi connectivity index (χ0v) is 15.0. The van der Waals surface area contributed by atoms with Gasteiger partial charge in [0.05, 0.1) is 12.1 Å². The minimum atomic E-state index is -0.170. The van der Waals surface area contributed by atoms with Gasteiger partial charge in [-0.1, -0.05) is 42.0 Å². The number of aromatic nitrogens is 1. The Morgan fingerprint density at radius 2 is 2.08 bits per heavy atom. The van der Waals surface area contributed by atoms with Crippen LogP contribution in [0.3, 0.4) is 0 Å². The molecule has 0 radical (unpaired) electrons. The Bertz CT molecular complexity index is 742. The van der Waals surface area contributed by atoms with Gasteiger partial charge in [0.2, 0.25) is 5.88 Å². The van der Waals surface area contributed by atoms with Gasteiger partial charge in [0.25, 0.3) is 0 Å². The first-order valence-electron chi connectivity index (χ1n) is 8.49. The quantitative estimate of drug-likeness (QED) is 0.765. The summed E-state index contributed by atoms with van der Waals surface area (Å²) >= 11 is 6.05. The van der Waals surface area contributed by atoms with Crippen LogP contribution in [0.4, 0.5) is 4.39 Å². The first-order valence-corrected chi connectivity index (χ1v) is 8.87. The number of piperidine rings is 1. The molecule has 3 nitrogen and oxygen atoms in total. The number of rotatable bonds is 5. The Balaban J connectivity index is 1.56. The molecule has 5 heteroatoms. The lowest BCUT2D eigenvalue weighted by molar-refractivity contribution is 0.193. The summed E-state index contributed by atoms with van der Waals surface area (Å²) in [7, 11) is 1.62. The molecule has 0 bridgehead atoms. The monoisotopic (exact) mass is 360 g/mol. The van der Waals surface area contributed by atoms with Crippen molar-refractivity contribution < 1.29 is 9.13 Å². The molecule has 1 aliphatic rings. The van der Waals surface area contributed by atoms with E-state index in [1.807, 2.05) is 18.2 Å². The molecule has 1 aromatic heterocycles. The van der Waals surface area contributed by atoms with Crippen LogP contribution in [0.15, 0.2) is 42.6 Å². The summed E-state index contributed by atoms with van der Waals surface area (Å²) in [6.07, 6.45) is 7.75. The van der Waals surface area contributed by atoms with Gasteiger partial charge in [-0.05, 0) is 44.0 Å². The average Bonchev–Trinajstić information content (AvgIpc) is 2.62. The Morgan fingerprint density at radius 1 is 1.32 bits per heavy atom. The van der Waals surface area contributed by atoms with Crippen LogP contribution >= 0.6 is 11.6 Å². The molecule has 0 N–H and O–H groups in total. The maximum absolute atomic E-state index is 13.7. The third-order valence-electron chi connectivity index (χ3n) is 4.56. The largest absolute Gasteiger partial charge is 0.481 e. The van der Waals surface area contributed by atoms with E-state index in [2.05, 4.69) is 16.0 Å². The number of nitrogens with zero attached hydrogens (tertiary/aromatic N) is 2. The topological polar surface area (TPSA) is 25.4 Å². The Kier molecular flexibility index (Phi) is 6.05. The van der Waals surface area contributed by atoms with Crippen molar-refractivity contribution in [2.75, 3.05) is 20.2 Å².